The maximum Gasteiger partial charge on any atom is 0.268 e. The van der Waals surface area contributed by atoms with E-state index < -0.39 is 47.7 Å². The number of aromatic nitrogens is 2. The first-order chi connectivity index (χ1) is 32.0. The summed E-state index contributed by atoms with van der Waals surface area (Å²) in [5.41, 5.74) is 3.98. The van der Waals surface area contributed by atoms with Gasteiger partial charge in [-0.15, -0.1) is 0 Å². The van der Waals surface area contributed by atoms with Crippen LogP contribution in [0.4, 0.5) is 0 Å². The molecule has 9 rings (SSSR count). The number of pyridine rings is 1. The Morgan fingerprint density at radius 2 is 1.88 bits per heavy atom. The lowest BCUT2D eigenvalue weighted by Crippen LogP contribution is -2.56. The van der Waals surface area contributed by atoms with Crippen LogP contribution in [0.5, 0.6) is 5.75 Å². The number of likely N-dealkylation sites (tertiary alicyclic amines) is 2. The van der Waals surface area contributed by atoms with Gasteiger partial charge in [-0.3, -0.25) is 39.2 Å². The standard InChI is InChI=1S/C48H63N9O8S2/c1-31(2)39-8-5-6-9-40(39)42-10-7-19-56(42)35-25-48(26-35)16-20-55(21-17-48)34-12-14-41(44(23-34)65-37-22-32-15-18-49-45(32)50-28-37)47(58)54-67(62,63)38-24-43(57(59)60)46(52-29-38)51-27-36-13-11-33(30-64-36)53-66(3,4)61/h5-6,8-9,14-15,18,22-24,28-29,31,33-36,42-43,46,51H,7,10-13,16-17,19-21,25-27,30H2,1-4H3,(H,49,50)(H,54,58)/t33-,34?,36+,42+,43+,46?/m1/s1. The zero-order valence-corrected chi connectivity index (χ0v) is 40.3. The number of hydrogen-bond donors (Lipinski definition) is 3. The fraction of sp³-hybridized carbons (Fsp3) is 0.562. The number of piperidine rings is 1. The Morgan fingerprint density at radius 3 is 2.61 bits per heavy atom. The van der Waals surface area contributed by atoms with Crippen LogP contribution >= 0.6 is 0 Å². The molecule has 67 heavy (non-hydrogen) atoms. The number of aromatic amines is 1. The van der Waals surface area contributed by atoms with Crippen LogP contribution in [0, 0.1) is 15.5 Å². The maximum atomic E-state index is 14.0. The quantitative estimate of drug-likeness (QED) is 0.126. The van der Waals surface area contributed by atoms with Crippen LogP contribution in [0.2, 0.25) is 0 Å². The summed E-state index contributed by atoms with van der Waals surface area (Å²) in [6.45, 7) is 8.03. The van der Waals surface area contributed by atoms with Gasteiger partial charge in [-0.2, -0.15) is 0 Å². The molecule has 2 aromatic heterocycles. The summed E-state index contributed by atoms with van der Waals surface area (Å²) in [6, 6.07) is 11.9. The molecule has 6 aliphatic rings. The molecule has 2 aliphatic carbocycles. The van der Waals surface area contributed by atoms with Gasteiger partial charge in [-0.1, -0.05) is 44.2 Å². The minimum absolute atomic E-state index is 0.0324. The molecule has 6 atom stereocenters. The minimum atomic E-state index is -4.61. The first-order valence-corrected chi connectivity index (χ1v) is 27.4. The largest absolute Gasteiger partial charge is 0.455 e. The van der Waals surface area contributed by atoms with Crippen molar-refractivity contribution < 1.29 is 31.8 Å². The number of nitrogens with one attached hydrogen (secondary N) is 3. The molecule has 0 bridgehead atoms. The number of carbonyl (C=O) groups is 1. The van der Waals surface area contributed by atoms with E-state index in [1.807, 2.05) is 12.1 Å². The number of hydrogen-bond acceptors (Lipinski definition) is 14. The van der Waals surface area contributed by atoms with Gasteiger partial charge in [0, 0.05) is 75.7 Å². The van der Waals surface area contributed by atoms with Gasteiger partial charge in [0.05, 0.1) is 30.5 Å². The van der Waals surface area contributed by atoms with E-state index >= 15 is 0 Å². The van der Waals surface area contributed by atoms with E-state index in [0.29, 0.717) is 54.1 Å². The van der Waals surface area contributed by atoms with Crippen molar-refractivity contribution in [2.75, 3.05) is 45.3 Å². The van der Waals surface area contributed by atoms with E-state index in [9.17, 15) is 27.5 Å². The number of sulfonamides is 1. The number of ether oxygens (including phenoxy) is 2. The number of dihydropyridines is 1. The Hall–Kier alpha value is -4.79. The van der Waals surface area contributed by atoms with Gasteiger partial charge < -0.3 is 14.5 Å². The average molecular weight is 958 g/mol. The summed E-state index contributed by atoms with van der Waals surface area (Å²) in [6.07, 6.45) is 19.5. The number of H-pyrrole nitrogens is 1. The number of aliphatic imine (C=N–C) groups is 1. The number of nitro groups is 1. The molecule has 3 aromatic rings. The predicted octanol–water partition coefficient (Wildman–Crippen LogP) is 5.98. The summed E-state index contributed by atoms with van der Waals surface area (Å²) in [5.74, 6) is 0.147. The molecule has 0 radical (unpaired) electrons. The van der Waals surface area contributed by atoms with Gasteiger partial charge in [0.1, 0.15) is 22.1 Å². The fourth-order valence-electron chi connectivity index (χ4n) is 11.1. The van der Waals surface area contributed by atoms with Crippen molar-refractivity contribution in [1.82, 2.24) is 29.8 Å². The van der Waals surface area contributed by atoms with Crippen molar-refractivity contribution in [2.45, 2.75) is 120 Å². The fourth-order valence-corrected chi connectivity index (χ4v) is 12.9. The molecule has 6 heterocycles. The van der Waals surface area contributed by atoms with E-state index in [1.54, 1.807) is 37.0 Å². The van der Waals surface area contributed by atoms with Crippen LogP contribution in [-0.2, 0) is 29.3 Å². The lowest BCUT2D eigenvalue weighted by atomic mass is 9.59. The van der Waals surface area contributed by atoms with Crippen LogP contribution in [0.1, 0.15) is 94.7 Å². The molecule has 17 nitrogen and oxygen atoms in total. The van der Waals surface area contributed by atoms with Gasteiger partial charge in [-0.05, 0) is 118 Å². The van der Waals surface area contributed by atoms with Crippen molar-refractivity contribution in [3.63, 3.8) is 0 Å². The molecule has 1 saturated carbocycles. The van der Waals surface area contributed by atoms with Gasteiger partial charge in [0.2, 0.25) is 0 Å². The third-order valence-electron chi connectivity index (χ3n) is 14.5. The minimum Gasteiger partial charge on any atom is -0.455 e. The molecule has 3 N–H and O–H groups in total. The molecular formula is C48H63N9O8S2. The highest BCUT2D eigenvalue weighted by Gasteiger charge is 2.50. The number of benzene rings is 1. The Labute approximate surface area is 393 Å². The third-order valence-corrected chi connectivity index (χ3v) is 16.7. The van der Waals surface area contributed by atoms with Gasteiger partial charge in [0.15, 0.2) is 6.17 Å². The molecule has 1 spiro atoms. The second-order valence-corrected chi connectivity index (χ2v) is 24.1. The van der Waals surface area contributed by atoms with Crippen LogP contribution in [-0.4, -0.2) is 131 Å². The normalized spacial score (nSPS) is 27.3. The maximum absolute atomic E-state index is 14.0. The second-order valence-electron chi connectivity index (χ2n) is 19.8. The highest BCUT2D eigenvalue weighted by Crippen LogP contribution is 2.54. The SMILES string of the molecule is CC(C)c1ccccc1[C@@H]1CCCN1C1CC2(CCN(C3C=C(Oc4cnc5[nH]ccc5c4)C(C(=O)NS(=O)(=O)C4=C[C@H]([N+](=O)[O-])C(NC[C@@H]5CC[C@@H](N=S(C)(C)=O)CO5)N=C4)=CC3)CC2)C1. The number of carbonyl (C=O) groups excluding carboxylic acids is 1. The zero-order chi connectivity index (χ0) is 47.1. The molecule has 1 amide bonds. The monoisotopic (exact) mass is 957 g/mol. The molecule has 2 unspecified atom stereocenters. The Bertz CT molecular complexity index is 2710. The number of amides is 1. The van der Waals surface area contributed by atoms with Crippen LogP contribution < -0.4 is 14.8 Å². The highest BCUT2D eigenvalue weighted by molar-refractivity contribution is 7.94. The summed E-state index contributed by atoms with van der Waals surface area (Å²) in [5, 5.41) is 16.1. The molecule has 3 saturated heterocycles. The van der Waals surface area contributed by atoms with Gasteiger partial charge in [0.25, 0.3) is 22.0 Å². The molecule has 4 aliphatic heterocycles. The first-order valence-electron chi connectivity index (χ1n) is 23.6. The van der Waals surface area contributed by atoms with Crippen molar-refractivity contribution in [1.29, 1.82) is 0 Å². The third kappa shape index (κ3) is 10.6. The van der Waals surface area contributed by atoms with E-state index in [-0.39, 0.29) is 42.7 Å². The lowest BCUT2D eigenvalue weighted by molar-refractivity contribution is -0.513. The van der Waals surface area contributed by atoms with E-state index in [1.165, 1.54) is 36.8 Å². The smallest absolute Gasteiger partial charge is 0.268 e. The first kappa shape index (κ1) is 47.3. The summed E-state index contributed by atoms with van der Waals surface area (Å²) in [7, 11) is -6.88. The van der Waals surface area contributed by atoms with Gasteiger partial charge in [-0.25, -0.2) is 22.5 Å². The molecule has 360 valence electrons. The predicted molar refractivity (Wildman–Crippen MR) is 258 cm³/mol. The lowest BCUT2D eigenvalue weighted by Gasteiger charge is -2.56. The topological polar surface area (TPSA) is 214 Å². The van der Waals surface area contributed by atoms with Crippen molar-refractivity contribution >= 4 is 42.9 Å². The van der Waals surface area contributed by atoms with E-state index in [4.69, 9.17) is 9.47 Å². The summed E-state index contributed by atoms with van der Waals surface area (Å²) < 4.78 is 58.4. The Balaban J connectivity index is 0.845. The molecule has 1 aromatic carbocycles. The van der Waals surface area contributed by atoms with Crippen molar-refractivity contribution in [3.8, 4) is 5.75 Å². The van der Waals surface area contributed by atoms with E-state index in [2.05, 4.69) is 77.3 Å². The van der Waals surface area contributed by atoms with Crippen LogP contribution in [0.15, 0.2) is 92.6 Å². The number of fused-ring (bicyclic) bond motifs is 1. The van der Waals surface area contributed by atoms with Crippen molar-refractivity contribution in [2.24, 2.45) is 14.8 Å². The second kappa shape index (κ2) is 19.3. The number of rotatable bonds is 14. The Kier molecular flexibility index (Phi) is 13.6. The molecular weight excluding hydrogens is 895 g/mol. The van der Waals surface area contributed by atoms with E-state index in [0.717, 1.165) is 50.2 Å². The summed E-state index contributed by atoms with van der Waals surface area (Å²) >= 11 is 0. The molecule has 4 fully saturated rings. The Morgan fingerprint density at radius 1 is 1.09 bits per heavy atom. The average Bonchev–Trinajstić information content (AvgIpc) is 3.97. The summed E-state index contributed by atoms with van der Waals surface area (Å²) in [4.78, 5) is 42.1. The molecule has 19 heteroatoms. The highest BCUT2D eigenvalue weighted by atomic mass is 32.2. The zero-order valence-electron chi connectivity index (χ0n) is 38.7. The number of nitrogens with zero attached hydrogens (tertiary/aromatic N) is 6. The van der Waals surface area contributed by atoms with Gasteiger partial charge >= 0.3 is 0 Å². The van der Waals surface area contributed by atoms with Crippen molar-refractivity contribution in [3.05, 3.63) is 104 Å². The van der Waals surface area contributed by atoms with Crippen LogP contribution in [0.25, 0.3) is 11.0 Å². The number of allylic oxidation sites excluding steroid dienone is 1. The van der Waals surface area contributed by atoms with Crippen LogP contribution in [0.3, 0.4) is 0 Å².